The minimum Gasteiger partial charge on any atom is -0.469 e. The number of hydrogen-bond donors (Lipinski definition) is 1. The zero-order valence-electron chi connectivity index (χ0n) is 23.6. The van der Waals surface area contributed by atoms with E-state index in [-0.39, 0.29) is 50.9 Å². The average Bonchev–Trinajstić information content (AvgIpc) is 2.78. The topological polar surface area (TPSA) is 69.4 Å². The lowest BCUT2D eigenvalue weighted by molar-refractivity contribution is -0.188. The number of ether oxygens (including phenoxy) is 1. The Labute approximate surface area is 213 Å². The number of methoxy groups -OCH3 is 1. The van der Waals surface area contributed by atoms with E-state index in [4.69, 9.17) is 10.5 Å². The first-order valence-corrected chi connectivity index (χ1v) is 14.2. The normalized spacial score (nSPS) is 52.8. The molecule has 35 heavy (non-hydrogen) atoms. The van der Waals surface area contributed by atoms with Crippen LogP contribution in [0.1, 0.15) is 106 Å². The van der Waals surface area contributed by atoms with E-state index in [9.17, 15) is 9.59 Å². The quantitative estimate of drug-likeness (QED) is 0.434. The fraction of sp³-hybridized carbons (Fsp3) is 0.871. The van der Waals surface area contributed by atoms with Gasteiger partial charge in [-0.05, 0) is 110 Å². The first kappa shape index (κ1) is 25.5. The monoisotopic (exact) mass is 483 g/mol. The van der Waals surface area contributed by atoms with Crippen molar-refractivity contribution in [3.8, 4) is 0 Å². The molecule has 0 aliphatic heterocycles. The van der Waals surface area contributed by atoms with Gasteiger partial charge in [0.1, 0.15) is 0 Å². The first-order chi connectivity index (χ1) is 16.1. The van der Waals surface area contributed by atoms with E-state index in [0.29, 0.717) is 11.7 Å². The molecule has 0 heterocycles. The van der Waals surface area contributed by atoms with E-state index < -0.39 is 5.41 Å². The second kappa shape index (κ2) is 7.45. The van der Waals surface area contributed by atoms with Gasteiger partial charge in [0, 0.05) is 12.0 Å². The Morgan fingerprint density at radius 1 is 0.943 bits per heavy atom. The molecule has 0 saturated heterocycles. The van der Waals surface area contributed by atoms with Crippen molar-refractivity contribution in [1.82, 2.24) is 0 Å². The summed E-state index contributed by atoms with van der Waals surface area (Å²) in [5, 5.41) is 0. The van der Waals surface area contributed by atoms with Gasteiger partial charge >= 0.3 is 5.97 Å². The maximum Gasteiger partial charge on any atom is 0.311 e. The minimum atomic E-state index is -0.466. The molecular formula is C31H49NO3. The third-order valence-electron chi connectivity index (χ3n) is 13.4. The zero-order chi connectivity index (χ0) is 25.8. The third kappa shape index (κ3) is 3.07. The van der Waals surface area contributed by atoms with E-state index in [1.807, 2.05) is 0 Å². The molecule has 5 aliphatic carbocycles. The number of allylic oxidation sites excluding steroid dienone is 2. The van der Waals surface area contributed by atoms with Crippen LogP contribution in [0.15, 0.2) is 11.6 Å². The summed E-state index contributed by atoms with van der Waals surface area (Å²) in [7, 11) is 1.51. The first-order valence-electron chi connectivity index (χ1n) is 14.2. The number of ketones is 1. The van der Waals surface area contributed by atoms with E-state index in [2.05, 4.69) is 54.5 Å². The molecule has 5 aliphatic rings. The highest BCUT2D eigenvalue weighted by atomic mass is 16.5. The molecule has 0 aromatic heterocycles. The van der Waals surface area contributed by atoms with Crippen LogP contribution >= 0.6 is 0 Å². The van der Waals surface area contributed by atoms with Crippen LogP contribution < -0.4 is 5.73 Å². The maximum atomic E-state index is 14.3. The van der Waals surface area contributed by atoms with Crippen molar-refractivity contribution < 1.29 is 14.3 Å². The molecule has 9 atom stereocenters. The number of fused-ring (bicyclic) bond motifs is 7. The molecule has 196 valence electrons. The van der Waals surface area contributed by atoms with Crippen molar-refractivity contribution in [2.24, 2.45) is 56.0 Å². The van der Waals surface area contributed by atoms with E-state index in [1.165, 1.54) is 19.1 Å². The zero-order valence-corrected chi connectivity index (χ0v) is 23.6. The number of rotatable bonds is 1. The largest absolute Gasteiger partial charge is 0.469 e. The molecule has 0 unspecified atom stereocenters. The van der Waals surface area contributed by atoms with Gasteiger partial charge in [-0.1, -0.05) is 47.1 Å². The van der Waals surface area contributed by atoms with E-state index >= 15 is 0 Å². The Bertz CT molecular complexity index is 984. The summed E-state index contributed by atoms with van der Waals surface area (Å²) in [6.45, 7) is 16.6. The second-order valence-electron chi connectivity index (χ2n) is 15.2. The predicted molar refractivity (Wildman–Crippen MR) is 139 cm³/mol. The summed E-state index contributed by atoms with van der Waals surface area (Å²) >= 11 is 0. The molecule has 4 saturated carbocycles. The van der Waals surface area contributed by atoms with Crippen molar-refractivity contribution in [3.63, 3.8) is 0 Å². The Kier molecular flexibility index (Phi) is 5.43. The number of carbonyl (C=O) groups is 2. The van der Waals surface area contributed by atoms with Crippen LogP contribution in [-0.2, 0) is 14.3 Å². The van der Waals surface area contributed by atoms with Crippen molar-refractivity contribution >= 4 is 11.8 Å². The Balaban J connectivity index is 1.61. The summed E-state index contributed by atoms with van der Waals surface area (Å²) < 4.78 is 5.26. The van der Waals surface area contributed by atoms with Gasteiger partial charge in [0.15, 0.2) is 5.78 Å². The third-order valence-corrected chi connectivity index (χ3v) is 13.4. The van der Waals surface area contributed by atoms with Crippen LogP contribution in [0.5, 0.6) is 0 Å². The summed E-state index contributed by atoms with van der Waals surface area (Å²) in [5.41, 5.74) is 7.68. The lowest BCUT2D eigenvalue weighted by Gasteiger charge is -2.70. The van der Waals surface area contributed by atoms with Crippen LogP contribution in [0.25, 0.3) is 0 Å². The highest BCUT2D eigenvalue weighted by Crippen LogP contribution is 2.75. The van der Waals surface area contributed by atoms with Crippen molar-refractivity contribution in [1.29, 1.82) is 0 Å². The molecule has 0 amide bonds. The Morgan fingerprint density at radius 3 is 2.26 bits per heavy atom. The van der Waals surface area contributed by atoms with Gasteiger partial charge in [-0.2, -0.15) is 0 Å². The van der Waals surface area contributed by atoms with Crippen molar-refractivity contribution in [3.05, 3.63) is 11.6 Å². The smallest absolute Gasteiger partial charge is 0.311 e. The molecule has 4 nitrogen and oxygen atoms in total. The van der Waals surface area contributed by atoms with Crippen LogP contribution in [-0.4, -0.2) is 24.9 Å². The van der Waals surface area contributed by atoms with Gasteiger partial charge in [-0.25, -0.2) is 0 Å². The van der Waals surface area contributed by atoms with Crippen LogP contribution in [0, 0.1) is 50.2 Å². The highest BCUT2D eigenvalue weighted by molar-refractivity contribution is 5.95. The number of hydrogen-bond acceptors (Lipinski definition) is 4. The van der Waals surface area contributed by atoms with E-state index in [0.717, 1.165) is 51.4 Å². The molecule has 0 radical (unpaired) electrons. The number of carbonyl (C=O) groups excluding carboxylic acids is 2. The predicted octanol–water partition coefficient (Wildman–Crippen LogP) is 6.47. The van der Waals surface area contributed by atoms with Crippen LogP contribution in [0.2, 0.25) is 0 Å². The Morgan fingerprint density at radius 2 is 1.60 bits per heavy atom. The highest BCUT2D eigenvalue weighted by Gasteiger charge is 2.70. The summed E-state index contributed by atoms with van der Waals surface area (Å²) in [6.07, 6.45) is 11.4. The molecule has 5 rings (SSSR count). The van der Waals surface area contributed by atoms with Gasteiger partial charge in [0.2, 0.25) is 0 Å². The summed E-state index contributed by atoms with van der Waals surface area (Å²) in [4.78, 5) is 27.1. The number of nitrogens with two attached hydrogens (primary N) is 1. The van der Waals surface area contributed by atoms with Gasteiger partial charge < -0.3 is 10.5 Å². The average molecular weight is 484 g/mol. The molecular weight excluding hydrogens is 434 g/mol. The molecule has 2 N–H and O–H groups in total. The lowest BCUT2D eigenvalue weighted by Crippen LogP contribution is -2.67. The van der Waals surface area contributed by atoms with Crippen LogP contribution in [0.4, 0.5) is 0 Å². The molecule has 0 aromatic rings. The fourth-order valence-electron chi connectivity index (χ4n) is 10.6. The molecule has 4 heteroatoms. The van der Waals surface area contributed by atoms with E-state index in [1.54, 1.807) is 0 Å². The van der Waals surface area contributed by atoms with Gasteiger partial charge in [-0.3, -0.25) is 9.59 Å². The fourth-order valence-corrected chi connectivity index (χ4v) is 10.6. The minimum absolute atomic E-state index is 0.0116. The molecule has 0 aromatic carbocycles. The van der Waals surface area contributed by atoms with Gasteiger partial charge in [0.25, 0.3) is 0 Å². The molecule has 0 spiro atoms. The lowest BCUT2D eigenvalue weighted by atomic mass is 9.33. The van der Waals surface area contributed by atoms with Crippen molar-refractivity contribution in [2.75, 3.05) is 7.11 Å². The van der Waals surface area contributed by atoms with Gasteiger partial charge in [-0.15, -0.1) is 0 Å². The number of esters is 1. The van der Waals surface area contributed by atoms with Crippen molar-refractivity contribution in [2.45, 2.75) is 112 Å². The van der Waals surface area contributed by atoms with Gasteiger partial charge in [0.05, 0.1) is 12.5 Å². The second-order valence-corrected chi connectivity index (χ2v) is 15.2. The summed E-state index contributed by atoms with van der Waals surface area (Å²) in [5.74, 6) is 1.06. The molecule has 0 bridgehead atoms. The Hall–Kier alpha value is -1.16. The molecule has 4 fully saturated rings. The standard InChI is InChI=1S/C31H49NO3/c1-26(2)22-9-12-31(7)24(29(22,5)11-10-23(26)32)21(33)17-19-20-18-28(4,25(34)35-8)14-13-27(20,3)15-16-30(19,31)6/h17,20,22-24H,9-16,18,32H2,1-8H3/t20-,22-,23-,24+,27+,28-,29-,30+,31+/m0/s1. The van der Waals surface area contributed by atoms with Crippen LogP contribution in [0.3, 0.4) is 0 Å². The summed E-state index contributed by atoms with van der Waals surface area (Å²) in [6, 6.07) is 0.207. The SMILES string of the molecule is COC(=O)[C@@]1(C)CC[C@]2(C)CC[C@]3(C)C(=CC(=O)[C@@H]4[C@@]5(C)CC[C@H](N)C(C)(C)[C@@H]5CC[C@]43C)[C@@H]2C1. The maximum absolute atomic E-state index is 14.3.